The van der Waals surface area contributed by atoms with Gasteiger partial charge in [0, 0.05) is 57.4 Å². The summed E-state index contributed by atoms with van der Waals surface area (Å²) in [4.78, 5) is 17.1. The lowest BCUT2D eigenvalue weighted by Gasteiger charge is -2.35. The fourth-order valence-corrected chi connectivity index (χ4v) is 3.84. The van der Waals surface area contributed by atoms with Gasteiger partial charge in [0.05, 0.1) is 12.5 Å². The molecule has 2 aliphatic heterocycles. The molecule has 5 heteroatoms. The van der Waals surface area contributed by atoms with Gasteiger partial charge in [-0.3, -0.25) is 9.69 Å². The first-order chi connectivity index (χ1) is 12.8. The lowest BCUT2D eigenvalue weighted by atomic mass is 10.1. The molecule has 1 atom stereocenters. The van der Waals surface area contributed by atoms with Crippen molar-refractivity contribution >= 4 is 5.91 Å². The highest BCUT2D eigenvalue weighted by Gasteiger charge is 2.24. The first-order valence-electron chi connectivity index (χ1n) is 9.62. The van der Waals surface area contributed by atoms with Gasteiger partial charge in [-0.15, -0.1) is 0 Å². The molecule has 138 valence electrons. The SMILES string of the molecule is O=C(Cc1ccc(-n2cccc2)cc1)N1CCN(CC2CCCO2)CC1. The Morgan fingerprint density at radius 2 is 1.77 bits per heavy atom. The quantitative estimate of drug-likeness (QED) is 0.828. The number of carbonyl (C=O) groups is 1. The van der Waals surface area contributed by atoms with Gasteiger partial charge in [0.15, 0.2) is 0 Å². The Morgan fingerprint density at radius 3 is 2.42 bits per heavy atom. The van der Waals surface area contributed by atoms with Crippen molar-refractivity contribution in [2.45, 2.75) is 25.4 Å². The van der Waals surface area contributed by atoms with Gasteiger partial charge < -0.3 is 14.2 Å². The van der Waals surface area contributed by atoms with Crippen molar-refractivity contribution in [3.63, 3.8) is 0 Å². The van der Waals surface area contributed by atoms with Crippen molar-refractivity contribution in [1.82, 2.24) is 14.4 Å². The number of aromatic nitrogens is 1. The largest absolute Gasteiger partial charge is 0.377 e. The van der Waals surface area contributed by atoms with Crippen LogP contribution in [0.2, 0.25) is 0 Å². The molecule has 0 N–H and O–H groups in total. The lowest BCUT2D eigenvalue weighted by molar-refractivity contribution is -0.132. The molecule has 2 aromatic rings. The normalized spacial score (nSPS) is 21.2. The van der Waals surface area contributed by atoms with Crippen molar-refractivity contribution in [3.05, 3.63) is 54.4 Å². The zero-order chi connectivity index (χ0) is 17.8. The maximum atomic E-state index is 12.6. The number of hydrogen-bond acceptors (Lipinski definition) is 3. The molecule has 2 fully saturated rings. The molecule has 5 nitrogen and oxygen atoms in total. The van der Waals surface area contributed by atoms with E-state index in [4.69, 9.17) is 4.74 Å². The van der Waals surface area contributed by atoms with E-state index in [9.17, 15) is 4.79 Å². The van der Waals surface area contributed by atoms with Crippen molar-refractivity contribution in [2.75, 3.05) is 39.3 Å². The average Bonchev–Trinajstić information content (AvgIpc) is 3.37. The minimum Gasteiger partial charge on any atom is -0.377 e. The molecule has 4 rings (SSSR count). The molecule has 0 aliphatic carbocycles. The Bertz CT molecular complexity index is 697. The number of nitrogens with zero attached hydrogens (tertiary/aromatic N) is 3. The summed E-state index contributed by atoms with van der Waals surface area (Å²) in [6.45, 7) is 5.49. The van der Waals surface area contributed by atoms with E-state index in [2.05, 4.69) is 33.7 Å². The van der Waals surface area contributed by atoms with Crippen LogP contribution < -0.4 is 0 Å². The summed E-state index contributed by atoms with van der Waals surface area (Å²) in [7, 11) is 0. The zero-order valence-electron chi connectivity index (χ0n) is 15.2. The summed E-state index contributed by atoms with van der Waals surface area (Å²) in [6, 6.07) is 12.3. The fourth-order valence-electron chi connectivity index (χ4n) is 3.84. The number of amides is 1. The Labute approximate surface area is 155 Å². The molecule has 1 aromatic heterocycles. The summed E-state index contributed by atoms with van der Waals surface area (Å²) in [6.07, 6.45) is 7.30. The topological polar surface area (TPSA) is 37.7 Å². The summed E-state index contributed by atoms with van der Waals surface area (Å²) >= 11 is 0. The van der Waals surface area contributed by atoms with Gasteiger partial charge in [0.2, 0.25) is 5.91 Å². The number of ether oxygens (including phenoxy) is 1. The van der Waals surface area contributed by atoms with Gasteiger partial charge in [0.1, 0.15) is 0 Å². The van der Waals surface area contributed by atoms with Gasteiger partial charge in [0.25, 0.3) is 0 Å². The number of benzene rings is 1. The second kappa shape index (κ2) is 8.06. The summed E-state index contributed by atoms with van der Waals surface area (Å²) in [5.41, 5.74) is 2.20. The van der Waals surface area contributed by atoms with Crippen molar-refractivity contribution in [3.8, 4) is 5.69 Å². The van der Waals surface area contributed by atoms with E-state index in [-0.39, 0.29) is 5.91 Å². The summed E-state index contributed by atoms with van der Waals surface area (Å²) < 4.78 is 7.79. The van der Waals surface area contributed by atoms with E-state index in [1.165, 1.54) is 12.8 Å². The Morgan fingerprint density at radius 1 is 1.04 bits per heavy atom. The first kappa shape index (κ1) is 17.3. The fraction of sp³-hybridized carbons (Fsp3) is 0.476. The maximum Gasteiger partial charge on any atom is 0.227 e. The Kier molecular flexibility index (Phi) is 5.37. The van der Waals surface area contributed by atoms with E-state index in [1.54, 1.807) is 0 Å². The molecule has 0 spiro atoms. The third-order valence-electron chi connectivity index (χ3n) is 5.41. The molecule has 0 radical (unpaired) electrons. The van der Waals surface area contributed by atoms with Crippen LogP contribution in [0.15, 0.2) is 48.8 Å². The highest BCUT2D eigenvalue weighted by Crippen LogP contribution is 2.15. The predicted octanol–water partition coefficient (Wildman–Crippen LogP) is 2.34. The molecule has 0 bridgehead atoms. The van der Waals surface area contributed by atoms with Gasteiger partial charge in [-0.2, -0.15) is 0 Å². The van der Waals surface area contributed by atoms with Crippen LogP contribution in [0.1, 0.15) is 18.4 Å². The highest BCUT2D eigenvalue weighted by molar-refractivity contribution is 5.79. The molecule has 1 amide bonds. The number of hydrogen-bond donors (Lipinski definition) is 0. The number of piperazine rings is 1. The lowest BCUT2D eigenvalue weighted by Crippen LogP contribution is -2.50. The van der Waals surface area contributed by atoms with E-state index < -0.39 is 0 Å². The molecule has 0 saturated carbocycles. The molecule has 2 aliphatic rings. The summed E-state index contributed by atoms with van der Waals surface area (Å²) in [5.74, 6) is 0.232. The van der Waals surface area contributed by atoms with Crippen LogP contribution in [0.5, 0.6) is 0 Å². The standard InChI is InChI=1S/C21H27N3O2/c25-21(16-18-5-7-19(8-6-18)23-9-1-2-10-23)24-13-11-22(12-14-24)17-20-4-3-15-26-20/h1-2,5-10,20H,3-4,11-17H2. The van der Waals surface area contributed by atoms with Crippen LogP contribution in [0.3, 0.4) is 0 Å². The van der Waals surface area contributed by atoms with E-state index >= 15 is 0 Å². The third-order valence-corrected chi connectivity index (χ3v) is 5.41. The second-order valence-electron chi connectivity index (χ2n) is 7.25. The van der Waals surface area contributed by atoms with E-state index in [0.29, 0.717) is 12.5 Å². The molecule has 1 aromatic carbocycles. The monoisotopic (exact) mass is 353 g/mol. The number of carbonyl (C=O) groups excluding carboxylic acids is 1. The molecule has 2 saturated heterocycles. The third kappa shape index (κ3) is 4.17. The van der Waals surface area contributed by atoms with Crippen LogP contribution in [-0.2, 0) is 16.0 Å². The predicted molar refractivity (Wildman–Crippen MR) is 101 cm³/mol. The highest BCUT2D eigenvalue weighted by atomic mass is 16.5. The molecule has 26 heavy (non-hydrogen) atoms. The Balaban J connectivity index is 1.26. The second-order valence-corrected chi connectivity index (χ2v) is 7.25. The van der Waals surface area contributed by atoms with Crippen LogP contribution in [0, 0.1) is 0 Å². The van der Waals surface area contributed by atoms with Gasteiger partial charge in [-0.05, 0) is 42.7 Å². The van der Waals surface area contributed by atoms with Crippen LogP contribution in [-0.4, -0.2) is 65.7 Å². The minimum absolute atomic E-state index is 0.232. The van der Waals surface area contributed by atoms with Gasteiger partial charge in [-0.25, -0.2) is 0 Å². The van der Waals surface area contributed by atoms with Gasteiger partial charge in [-0.1, -0.05) is 12.1 Å². The van der Waals surface area contributed by atoms with Crippen molar-refractivity contribution in [2.24, 2.45) is 0 Å². The van der Waals surface area contributed by atoms with E-state index in [0.717, 1.165) is 50.6 Å². The smallest absolute Gasteiger partial charge is 0.227 e. The minimum atomic E-state index is 0.232. The van der Waals surface area contributed by atoms with Crippen molar-refractivity contribution < 1.29 is 9.53 Å². The van der Waals surface area contributed by atoms with E-state index in [1.807, 2.05) is 29.4 Å². The van der Waals surface area contributed by atoms with Gasteiger partial charge >= 0.3 is 0 Å². The van der Waals surface area contributed by atoms with Crippen LogP contribution in [0.25, 0.3) is 5.69 Å². The molecular formula is C21H27N3O2. The molecule has 1 unspecified atom stereocenters. The summed E-state index contributed by atoms with van der Waals surface area (Å²) in [5, 5.41) is 0. The average molecular weight is 353 g/mol. The maximum absolute atomic E-state index is 12.6. The van der Waals surface area contributed by atoms with Crippen LogP contribution in [0.4, 0.5) is 0 Å². The van der Waals surface area contributed by atoms with Crippen molar-refractivity contribution in [1.29, 1.82) is 0 Å². The molecule has 3 heterocycles. The number of rotatable bonds is 5. The zero-order valence-corrected chi connectivity index (χ0v) is 15.2. The molecular weight excluding hydrogens is 326 g/mol. The Hall–Kier alpha value is -2.11. The van der Waals surface area contributed by atoms with Crippen LogP contribution >= 0.6 is 0 Å². The first-order valence-corrected chi connectivity index (χ1v) is 9.62.